The average Bonchev–Trinajstić information content (AvgIpc) is 3.70. The van der Waals surface area contributed by atoms with E-state index in [0.717, 1.165) is 28.3 Å². The predicted molar refractivity (Wildman–Crippen MR) is 272 cm³/mol. The van der Waals surface area contributed by atoms with E-state index in [1.807, 2.05) is 0 Å². The highest BCUT2D eigenvalue weighted by Crippen LogP contribution is 2.45. The van der Waals surface area contributed by atoms with Crippen molar-refractivity contribution in [2.75, 3.05) is 4.90 Å². The Morgan fingerprint density at radius 3 is 1.62 bits per heavy atom. The number of anilines is 3. The van der Waals surface area contributed by atoms with Crippen molar-refractivity contribution >= 4 is 60.4 Å². The Hall–Kier alpha value is -8.46. The van der Waals surface area contributed by atoms with Gasteiger partial charge in [0.2, 0.25) is 0 Å². The second-order valence-corrected chi connectivity index (χ2v) is 16.5. The molecule has 0 aliphatic carbocycles. The van der Waals surface area contributed by atoms with Crippen molar-refractivity contribution in [3.8, 4) is 50.2 Å². The fourth-order valence-electron chi connectivity index (χ4n) is 9.74. The summed E-state index contributed by atoms with van der Waals surface area (Å²) in [5, 5.41) is 7.48. The lowest BCUT2D eigenvalue weighted by Crippen LogP contribution is -2.11. The number of rotatable bonds is 8. The Morgan fingerprint density at radius 2 is 0.828 bits per heavy atom. The summed E-state index contributed by atoms with van der Waals surface area (Å²) in [5.41, 5.74) is 16.4. The first-order chi connectivity index (χ1) is 31.7. The molecule has 2 heteroatoms. The van der Waals surface area contributed by atoms with E-state index in [9.17, 15) is 0 Å². The molecule has 0 bridgehead atoms. The first-order valence-corrected chi connectivity index (χ1v) is 22.0. The zero-order valence-corrected chi connectivity index (χ0v) is 35.1. The molecule has 300 valence electrons. The van der Waals surface area contributed by atoms with Gasteiger partial charge in [-0.3, -0.25) is 0 Å². The number of aromatic nitrogens is 1. The smallest absolute Gasteiger partial charge is 0.0547 e. The second kappa shape index (κ2) is 15.8. The van der Waals surface area contributed by atoms with E-state index in [2.05, 4.69) is 264 Å². The van der Waals surface area contributed by atoms with Crippen molar-refractivity contribution in [1.82, 2.24) is 4.57 Å². The second-order valence-electron chi connectivity index (χ2n) is 16.5. The number of para-hydroxylation sites is 2. The summed E-state index contributed by atoms with van der Waals surface area (Å²) in [6, 6.07) is 92.7. The van der Waals surface area contributed by atoms with Crippen LogP contribution in [0.4, 0.5) is 17.1 Å². The van der Waals surface area contributed by atoms with Crippen LogP contribution in [-0.2, 0) is 0 Å². The molecule has 0 saturated heterocycles. The number of hydrogen-bond acceptors (Lipinski definition) is 1. The normalized spacial score (nSPS) is 11.4. The van der Waals surface area contributed by atoms with Gasteiger partial charge in [0, 0.05) is 33.4 Å². The Labute approximate surface area is 373 Å². The molecule has 1 heterocycles. The lowest BCUT2D eigenvalue weighted by atomic mass is 9.96. The molecule has 0 aliphatic rings. The van der Waals surface area contributed by atoms with Crippen LogP contribution in [0.3, 0.4) is 0 Å². The summed E-state index contributed by atoms with van der Waals surface area (Å²) in [7, 11) is 0. The van der Waals surface area contributed by atoms with E-state index in [-0.39, 0.29) is 0 Å². The largest absolute Gasteiger partial charge is 0.310 e. The third-order valence-corrected chi connectivity index (χ3v) is 12.8. The van der Waals surface area contributed by atoms with E-state index in [4.69, 9.17) is 0 Å². The van der Waals surface area contributed by atoms with E-state index in [0.29, 0.717) is 0 Å². The standard InChI is InChI=1S/C62H42N2/c1-3-16-46(17-4-1)56-27-11-12-30-59(56)63(52-38-36-44(37-39-52)43-32-34-47(35-33-43)55-28-14-21-45-18-9-10-26-54(45)55)53-25-13-22-50(40-53)57-29-15-31-60-62(57)58-41-48-19-7-8-20-49(48)42-61(58)64(60)51-23-5-2-6-24-51/h1-42H. The van der Waals surface area contributed by atoms with Gasteiger partial charge in [-0.05, 0) is 121 Å². The Kier molecular flexibility index (Phi) is 9.20. The minimum absolute atomic E-state index is 1.09. The molecule has 2 nitrogen and oxygen atoms in total. The van der Waals surface area contributed by atoms with Crippen LogP contribution in [-0.4, -0.2) is 4.57 Å². The van der Waals surface area contributed by atoms with E-state index in [1.165, 1.54) is 82.3 Å². The molecule has 0 spiro atoms. The molecule has 11 aromatic carbocycles. The first-order valence-electron chi connectivity index (χ1n) is 22.0. The van der Waals surface area contributed by atoms with Gasteiger partial charge in [-0.25, -0.2) is 0 Å². The van der Waals surface area contributed by atoms with Gasteiger partial charge < -0.3 is 9.47 Å². The SMILES string of the molecule is c1ccc(-c2ccccc2N(c2ccc(-c3ccc(-c4cccc5ccccc45)cc3)cc2)c2cccc(-c3cccc4c3c3cc5ccccc5cc3n4-c3ccccc3)c2)cc1. The lowest BCUT2D eigenvalue weighted by Gasteiger charge is -2.28. The Bertz CT molecular complexity index is 3640. The molecule has 0 radical (unpaired) electrons. The maximum absolute atomic E-state index is 2.42. The predicted octanol–water partition coefficient (Wildman–Crippen LogP) is 17.2. The van der Waals surface area contributed by atoms with Crippen LogP contribution in [0.15, 0.2) is 255 Å². The summed E-state index contributed by atoms with van der Waals surface area (Å²) < 4.78 is 2.42. The highest BCUT2D eigenvalue weighted by Gasteiger charge is 2.21. The van der Waals surface area contributed by atoms with Crippen LogP contribution in [0.5, 0.6) is 0 Å². The van der Waals surface area contributed by atoms with Crippen molar-refractivity contribution in [2.45, 2.75) is 0 Å². The molecule has 12 rings (SSSR count). The fourth-order valence-corrected chi connectivity index (χ4v) is 9.74. The van der Waals surface area contributed by atoms with Gasteiger partial charge in [-0.15, -0.1) is 0 Å². The van der Waals surface area contributed by atoms with Crippen LogP contribution >= 0.6 is 0 Å². The number of nitrogens with zero attached hydrogens (tertiary/aromatic N) is 2. The van der Waals surface area contributed by atoms with Gasteiger partial charge in [-0.2, -0.15) is 0 Å². The summed E-state index contributed by atoms with van der Waals surface area (Å²) in [6.45, 7) is 0. The summed E-state index contributed by atoms with van der Waals surface area (Å²) in [4.78, 5) is 2.42. The number of benzene rings is 11. The molecule has 0 atom stereocenters. The highest BCUT2D eigenvalue weighted by molar-refractivity contribution is 6.18. The molecule has 64 heavy (non-hydrogen) atoms. The molecule has 0 aliphatic heterocycles. The van der Waals surface area contributed by atoms with Crippen molar-refractivity contribution < 1.29 is 0 Å². The quantitative estimate of drug-likeness (QED) is 0.148. The van der Waals surface area contributed by atoms with E-state index < -0.39 is 0 Å². The molecule has 1 aromatic heterocycles. The van der Waals surface area contributed by atoms with Crippen molar-refractivity contribution in [2.24, 2.45) is 0 Å². The van der Waals surface area contributed by atoms with Gasteiger partial charge in [0.15, 0.2) is 0 Å². The van der Waals surface area contributed by atoms with Gasteiger partial charge in [0.1, 0.15) is 0 Å². The van der Waals surface area contributed by atoms with Gasteiger partial charge in [0.05, 0.1) is 16.7 Å². The van der Waals surface area contributed by atoms with Crippen LogP contribution in [0.2, 0.25) is 0 Å². The van der Waals surface area contributed by atoms with Crippen molar-refractivity contribution in [1.29, 1.82) is 0 Å². The Morgan fingerprint density at radius 1 is 0.281 bits per heavy atom. The maximum atomic E-state index is 2.42. The molecule has 0 saturated carbocycles. The third kappa shape index (κ3) is 6.52. The van der Waals surface area contributed by atoms with E-state index in [1.54, 1.807) is 0 Å². The van der Waals surface area contributed by atoms with Gasteiger partial charge in [0.25, 0.3) is 0 Å². The van der Waals surface area contributed by atoms with Crippen LogP contribution < -0.4 is 4.90 Å². The highest BCUT2D eigenvalue weighted by atomic mass is 15.1. The zero-order valence-electron chi connectivity index (χ0n) is 35.1. The van der Waals surface area contributed by atoms with E-state index >= 15 is 0 Å². The summed E-state index contributed by atoms with van der Waals surface area (Å²) in [5.74, 6) is 0. The molecule has 12 aromatic rings. The lowest BCUT2D eigenvalue weighted by molar-refractivity contribution is 1.18. The monoisotopic (exact) mass is 814 g/mol. The molecule has 0 unspecified atom stereocenters. The number of hydrogen-bond donors (Lipinski definition) is 0. The molecule has 0 N–H and O–H groups in total. The van der Waals surface area contributed by atoms with Crippen molar-refractivity contribution in [3.05, 3.63) is 255 Å². The Balaban J connectivity index is 0.994. The molecular weight excluding hydrogens is 773 g/mol. The van der Waals surface area contributed by atoms with Crippen molar-refractivity contribution in [3.63, 3.8) is 0 Å². The topological polar surface area (TPSA) is 8.17 Å². The zero-order chi connectivity index (χ0) is 42.4. The summed E-state index contributed by atoms with van der Waals surface area (Å²) in [6.07, 6.45) is 0. The molecule has 0 fully saturated rings. The third-order valence-electron chi connectivity index (χ3n) is 12.8. The van der Waals surface area contributed by atoms with Crippen LogP contribution in [0.25, 0.3) is 93.5 Å². The minimum Gasteiger partial charge on any atom is -0.310 e. The fraction of sp³-hybridized carbons (Fsp3) is 0. The van der Waals surface area contributed by atoms with Gasteiger partial charge >= 0.3 is 0 Å². The average molecular weight is 815 g/mol. The van der Waals surface area contributed by atoms with Crippen LogP contribution in [0, 0.1) is 0 Å². The maximum Gasteiger partial charge on any atom is 0.0547 e. The van der Waals surface area contributed by atoms with Gasteiger partial charge in [-0.1, -0.05) is 194 Å². The molecule has 0 amide bonds. The molecular formula is C62H42N2. The minimum atomic E-state index is 1.09. The number of fused-ring (bicyclic) bond motifs is 5. The van der Waals surface area contributed by atoms with Crippen LogP contribution in [0.1, 0.15) is 0 Å². The first kappa shape index (κ1) is 37.3. The summed E-state index contributed by atoms with van der Waals surface area (Å²) >= 11 is 0.